The summed E-state index contributed by atoms with van der Waals surface area (Å²) >= 11 is 0. The number of carbonyl (C=O) groups excluding carboxylic acids is 2. The van der Waals surface area contributed by atoms with Gasteiger partial charge in [-0.05, 0) is 30.2 Å². The van der Waals surface area contributed by atoms with Gasteiger partial charge in [-0.2, -0.15) is 0 Å². The Morgan fingerprint density at radius 1 is 1.19 bits per heavy atom. The Labute approximate surface area is 158 Å². The van der Waals surface area contributed by atoms with Crippen molar-refractivity contribution in [3.05, 3.63) is 47.3 Å². The highest BCUT2D eigenvalue weighted by atomic mass is 19.1. The molecule has 1 atom stereocenters. The molecule has 7 heteroatoms. The molecule has 0 aromatic heterocycles. The molecule has 0 aliphatic carbocycles. The van der Waals surface area contributed by atoms with Gasteiger partial charge in [-0.1, -0.05) is 19.9 Å². The number of rotatable bonds is 10. The lowest BCUT2D eigenvalue weighted by atomic mass is 9.91. The number of carbonyl (C=O) groups is 2. The number of allylic oxidation sites excluding steroid dienone is 2. The maximum absolute atomic E-state index is 13.1. The van der Waals surface area contributed by atoms with Crippen LogP contribution in [0.3, 0.4) is 0 Å². The monoisotopic (exact) mass is 376 g/mol. The van der Waals surface area contributed by atoms with E-state index in [0.29, 0.717) is 5.56 Å². The molecule has 0 fully saturated rings. The highest BCUT2D eigenvalue weighted by molar-refractivity contribution is 6.28. The van der Waals surface area contributed by atoms with E-state index >= 15 is 0 Å². The normalized spacial score (nSPS) is 12.6. The molecule has 1 unspecified atom stereocenters. The van der Waals surface area contributed by atoms with Crippen LogP contribution in [-0.2, 0) is 14.3 Å². The first-order valence-corrected chi connectivity index (χ1v) is 8.56. The Bertz CT molecular complexity index is 739. The van der Waals surface area contributed by atoms with Crippen molar-refractivity contribution >= 4 is 23.2 Å². The molecular formula is C20H25FN2O4. The van der Waals surface area contributed by atoms with Gasteiger partial charge in [0.15, 0.2) is 0 Å². The third-order valence-corrected chi connectivity index (χ3v) is 3.90. The molecule has 0 saturated carbocycles. The van der Waals surface area contributed by atoms with Gasteiger partial charge in [0.2, 0.25) is 0 Å². The summed E-state index contributed by atoms with van der Waals surface area (Å²) in [5.41, 5.74) is 0.933. The summed E-state index contributed by atoms with van der Waals surface area (Å²) in [5, 5.41) is 26.3. The summed E-state index contributed by atoms with van der Waals surface area (Å²) in [6, 6.07) is 5.35. The minimum absolute atomic E-state index is 0.0246. The Balaban J connectivity index is 2.92. The van der Waals surface area contributed by atoms with Gasteiger partial charge in [0.05, 0.1) is 25.3 Å². The van der Waals surface area contributed by atoms with E-state index in [2.05, 4.69) is 4.74 Å². The first-order chi connectivity index (χ1) is 12.6. The van der Waals surface area contributed by atoms with Crippen molar-refractivity contribution in [1.29, 1.82) is 10.8 Å². The third kappa shape index (κ3) is 7.22. The maximum Gasteiger partial charge on any atom is 0.308 e. The fourth-order valence-corrected chi connectivity index (χ4v) is 2.34. The zero-order valence-corrected chi connectivity index (χ0v) is 15.7. The van der Waals surface area contributed by atoms with Crippen molar-refractivity contribution in [3.8, 4) is 0 Å². The molecule has 0 amide bonds. The summed E-state index contributed by atoms with van der Waals surface area (Å²) < 4.78 is 17.5. The molecule has 0 aliphatic heterocycles. The van der Waals surface area contributed by atoms with Crippen LogP contribution in [0.4, 0.5) is 4.39 Å². The number of methoxy groups -OCH3 is 1. The molecule has 0 radical (unpaired) electrons. The molecule has 0 aliphatic rings. The van der Waals surface area contributed by atoms with Gasteiger partial charge in [-0.25, -0.2) is 4.39 Å². The molecule has 1 aromatic carbocycles. The highest BCUT2D eigenvalue weighted by Crippen LogP contribution is 2.16. The van der Waals surface area contributed by atoms with Crippen molar-refractivity contribution in [2.45, 2.75) is 39.2 Å². The van der Waals surface area contributed by atoms with E-state index in [-0.39, 0.29) is 48.0 Å². The lowest BCUT2D eigenvalue weighted by Gasteiger charge is -2.14. The molecule has 0 spiro atoms. The number of esters is 1. The highest BCUT2D eigenvalue weighted by Gasteiger charge is 2.18. The Morgan fingerprint density at radius 3 is 2.30 bits per heavy atom. The third-order valence-electron chi connectivity index (χ3n) is 3.90. The van der Waals surface area contributed by atoms with Crippen molar-refractivity contribution < 1.29 is 23.8 Å². The number of Topliss-reactive ketones (excluding diaryl/α,β-unsaturated/α-hetero) is 1. The zero-order chi connectivity index (χ0) is 20.6. The second-order valence-corrected chi connectivity index (χ2v) is 6.45. The van der Waals surface area contributed by atoms with E-state index in [0.717, 1.165) is 0 Å². The van der Waals surface area contributed by atoms with Crippen molar-refractivity contribution in [2.24, 2.45) is 5.92 Å². The lowest BCUT2D eigenvalue weighted by Crippen LogP contribution is -2.20. The van der Waals surface area contributed by atoms with Crippen molar-refractivity contribution in [1.82, 2.24) is 0 Å². The minimum atomic E-state index is -1.14. The van der Waals surface area contributed by atoms with Crippen molar-refractivity contribution in [3.63, 3.8) is 0 Å². The summed E-state index contributed by atoms with van der Waals surface area (Å²) in [6.45, 7) is 3.60. The molecule has 6 nitrogen and oxygen atoms in total. The lowest BCUT2D eigenvalue weighted by molar-refractivity contribution is -0.143. The Morgan fingerprint density at radius 2 is 1.78 bits per heavy atom. The van der Waals surface area contributed by atoms with Crippen LogP contribution < -0.4 is 0 Å². The number of ether oxygens (including phenoxy) is 1. The standard InChI is InChI=1S/C20H25FN2O4/c1-12(2)19(22)17(20(23)13-4-6-14(21)7-5-13)9-8-15(24)10-16(25)11-18(26)27-3/h4-7,9,12,16,22-23,25H,8,10-11H2,1-3H3/b17-9-,22-19?,23-20?. The predicted octanol–water partition coefficient (Wildman–Crippen LogP) is 3.07. The van der Waals surface area contributed by atoms with E-state index in [1.807, 2.05) is 0 Å². The smallest absolute Gasteiger partial charge is 0.308 e. The molecule has 146 valence electrons. The number of ketones is 1. The van der Waals surface area contributed by atoms with Crippen LogP contribution in [0.2, 0.25) is 0 Å². The van der Waals surface area contributed by atoms with Gasteiger partial charge >= 0.3 is 5.97 Å². The SMILES string of the molecule is COC(=O)CC(O)CC(=O)C/C=C(\C(=N)c1ccc(F)cc1)C(=N)C(C)C. The molecule has 1 rings (SSSR count). The number of benzene rings is 1. The summed E-state index contributed by atoms with van der Waals surface area (Å²) in [7, 11) is 1.20. The number of nitrogens with one attached hydrogen (secondary N) is 2. The first-order valence-electron chi connectivity index (χ1n) is 8.56. The van der Waals surface area contributed by atoms with Gasteiger partial charge in [-0.3, -0.25) is 15.0 Å². The summed E-state index contributed by atoms with van der Waals surface area (Å²) in [5.74, 6) is -1.53. The quantitative estimate of drug-likeness (QED) is 0.430. The predicted molar refractivity (Wildman–Crippen MR) is 101 cm³/mol. The minimum Gasteiger partial charge on any atom is -0.469 e. The second-order valence-electron chi connectivity index (χ2n) is 6.45. The van der Waals surface area contributed by atoms with E-state index in [1.165, 1.54) is 37.5 Å². The average Bonchev–Trinajstić information content (AvgIpc) is 2.61. The Kier molecular flexibility index (Phi) is 8.68. The summed E-state index contributed by atoms with van der Waals surface area (Å²) in [6.07, 6.45) is -0.250. The largest absolute Gasteiger partial charge is 0.469 e. The zero-order valence-electron chi connectivity index (χ0n) is 15.7. The van der Waals surface area contributed by atoms with E-state index in [9.17, 15) is 19.1 Å². The van der Waals surface area contributed by atoms with E-state index < -0.39 is 17.9 Å². The molecular weight excluding hydrogens is 351 g/mol. The molecule has 0 saturated heterocycles. The van der Waals surface area contributed by atoms with Gasteiger partial charge in [0.1, 0.15) is 11.6 Å². The molecule has 0 heterocycles. The molecule has 3 N–H and O–H groups in total. The number of hydrogen-bond acceptors (Lipinski definition) is 6. The summed E-state index contributed by atoms with van der Waals surface area (Å²) in [4.78, 5) is 23.2. The van der Waals surface area contributed by atoms with Crippen LogP contribution in [0.15, 0.2) is 35.9 Å². The van der Waals surface area contributed by atoms with E-state index in [1.54, 1.807) is 13.8 Å². The molecule has 27 heavy (non-hydrogen) atoms. The number of hydrogen-bond donors (Lipinski definition) is 3. The fourth-order valence-electron chi connectivity index (χ4n) is 2.34. The van der Waals surface area contributed by atoms with Crippen LogP contribution >= 0.6 is 0 Å². The van der Waals surface area contributed by atoms with Crippen LogP contribution in [0, 0.1) is 22.6 Å². The van der Waals surface area contributed by atoms with Gasteiger partial charge in [0, 0.05) is 29.7 Å². The second kappa shape index (κ2) is 10.5. The van der Waals surface area contributed by atoms with Crippen LogP contribution in [-0.4, -0.2) is 41.5 Å². The number of halogens is 1. The maximum atomic E-state index is 13.1. The van der Waals surface area contributed by atoms with Crippen molar-refractivity contribution in [2.75, 3.05) is 7.11 Å². The Hall–Kier alpha value is -2.67. The van der Waals surface area contributed by atoms with Crippen LogP contribution in [0.25, 0.3) is 0 Å². The van der Waals surface area contributed by atoms with Gasteiger partial charge < -0.3 is 15.3 Å². The molecule has 1 aromatic rings. The van der Waals surface area contributed by atoms with E-state index in [4.69, 9.17) is 10.8 Å². The molecule has 0 bridgehead atoms. The van der Waals surface area contributed by atoms with Gasteiger partial charge in [-0.15, -0.1) is 0 Å². The van der Waals surface area contributed by atoms with Crippen LogP contribution in [0.5, 0.6) is 0 Å². The average molecular weight is 376 g/mol. The topological polar surface area (TPSA) is 111 Å². The fraction of sp³-hybridized carbons (Fsp3) is 0.400. The first kappa shape index (κ1) is 22.4. The number of aliphatic hydroxyl groups is 1. The number of aliphatic hydroxyl groups excluding tert-OH is 1. The van der Waals surface area contributed by atoms with Crippen LogP contribution in [0.1, 0.15) is 38.7 Å². The van der Waals surface area contributed by atoms with Gasteiger partial charge in [0.25, 0.3) is 0 Å².